The van der Waals surface area contributed by atoms with Crippen LogP contribution in [-0.4, -0.2) is 43.7 Å². The van der Waals surface area contributed by atoms with E-state index in [4.69, 9.17) is 4.42 Å². The number of furan rings is 1. The molecule has 0 atom stereocenters. The molecule has 4 heterocycles. The van der Waals surface area contributed by atoms with E-state index in [-0.39, 0.29) is 11.9 Å². The number of nitrogens with zero attached hydrogens (tertiary/aromatic N) is 5. The van der Waals surface area contributed by atoms with Gasteiger partial charge in [0.2, 0.25) is 5.95 Å². The van der Waals surface area contributed by atoms with Crippen molar-refractivity contribution in [1.29, 1.82) is 0 Å². The molecule has 0 fully saturated rings. The highest BCUT2D eigenvalue weighted by atomic mass is 16.3. The third kappa shape index (κ3) is 3.93. The molecule has 29 heavy (non-hydrogen) atoms. The van der Waals surface area contributed by atoms with Gasteiger partial charge in [-0.15, -0.1) is 0 Å². The minimum absolute atomic E-state index is 0.109. The van der Waals surface area contributed by atoms with E-state index in [9.17, 15) is 4.79 Å². The van der Waals surface area contributed by atoms with Gasteiger partial charge in [-0.25, -0.2) is 19.6 Å². The molecule has 4 rings (SSSR count). The minimum atomic E-state index is -0.204. The second-order valence-corrected chi connectivity index (χ2v) is 6.71. The highest BCUT2D eigenvalue weighted by Gasteiger charge is 2.19. The zero-order valence-corrected chi connectivity index (χ0v) is 16.2. The maximum absolute atomic E-state index is 12.9. The van der Waals surface area contributed by atoms with Crippen LogP contribution in [0.2, 0.25) is 0 Å². The van der Waals surface area contributed by atoms with Gasteiger partial charge in [0.05, 0.1) is 23.4 Å². The predicted molar refractivity (Wildman–Crippen MR) is 108 cm³/mol. The summed E-state index contributed by atoms with van der Waals surface area (Å²) in [5.74, 6) is 0.913. The van der Waals surface area contributed by atoms with Crippen LogP contribution in [0.1, 0.15) is 30.2 Å². The molecular formula is C20H21N7O2. The molecule has 1 amide bonds. The Morgan fingerprint density at radius 3 is 2.76 bits per heavy atom. The van der Waals surface area contributed by atoms with E-state index in [1.807, 2.05) is 19.9 Å². The largest absolute Gasteiger partial charge is 0.463 e. The van der Waals surface area contributed by atoms with Crippen molar-refractivity contribution in [3.05, 3.63) is 54.7 Å². The second-order valence-electron chi connectivity index (χ2n) is 6.71. The summed E-state index contributed by atoms with van der Waals surface area (Å²) < 4.78 is 7.28. The highest BCUT2D eigenvalue weighted by molar-refractivity contribution is 6.06. The third-order valence-electron chi connectivity index (χ3n) is 4.33. The molecule has 4 aromatic rings. The molecule has 9 heteroatoms. The summed E-state index contributed by atoms with van der Waals surface area (Å²) in [7, 11) is 0. The van der Waals surface area contributed by atoms with Crippen LogP contribution in [0.4, 0.5) is 5.95 Å². The topological polar surface area (TPSA) is 111 Å². The molecule has 0 radical (unpaired) electrons. The van der Waals surface area contributed by atoms with Crippen LogP contribution in [0, 0.1) is 0 Å². The van der Waals surface area contributed by atoms with Crippen molar-refractivity contribution in [2.45, 2.75) is 19.9 Å². The highest BCUT2D eigenvalue weighted by Crippen LogP contribution is 2.26. The summed E-state index contributed by atoms with van der Waals surface area (Å²) >= 11 is 0. The molecule has 0 aliphatic carbocycles. The van der Waals surface area contributed by atoms with Gasteiger partial charge in [0.25, 0.3) is 5.91 Å². The lowest BCUT2D eigenvalue weighted by molar-refractivity contribution is 0.0956. The molecule has 9 nitrogen and oxygen atoms in total. The Labute approximate surface area is 167 Å². The van der Waals surface area contributed by atoms with Gasteiger partial charge in [-0.1, -0.05) is 0 Å². The summed E-state index contributed by atoms with van der Waals surface area (Å²) in [5.41, 5.74) is 1.74. The first-order valence-electron chi connectivity index (χ1n) is 9.34. The maximum Gasteiger partial charge on any atom is 0.252 e. The van der Waals surface area contributed by atoms with E-state index in [2.05, 4.69) is 30.7 Å². The van der Waals surface area contributed by atoms with Crippen LogP contribution in [0.3, 0.4) is 0 Å². The number of hydrogen-bond donors (Lipinski definition) is 2. The summed E-state index contributed by atoms with van der Waals surface area (Å²) in [4.78, 5) is 25.8. The molecule has 4 aromatic heterocycles. The third-order valence-corrected chi connectivity index (χ3v) is 4.33. The lowest BCUT2D eigenvalue weighted by atomic mass is 10.1. The van der Waals surface area contributed by atoms with Crippen molar-refractivity contribution in [2.24, 2.45) is 0 Å². The van der Waals surface area contributed by atoms with Crippen LogP contribution in [0.5, 0.6) is 0 Å². The zero-order chi connectivity index (χ0) is 20.2. The average Bonchev–Trinajstić information content (AvgIpc) is 3.41. The van der Waals surface area contributed by atoms with Gasteiger partial charge >= 0.3 is 0 Å². The van der Waals surface area contributed by atoms with Crippen molar-refractivity contribution in [3.8, 4) is 11.5 Å². The molecule has 0 saturated carbocycles. The normalized spacial score (nSPS) is 11.1. The number of pyridine rings is 1. The molecule has 0 aromatic carbocycles. The minimum Gasteiger partial charge on any atom is -0.463 e. The molecule has 0 aliphatic rings. The smallest absolute Gasteiger partial charge is 0.252 e. The number of carbonyl (C=O) groups excluding carboxylic acids is 1. The number of fused-ring (bicyclic) bond motifs is 1. The Morgan fingerprint density at radius 2 is 2.03 bits per heavy atom. The Bertz CT molecular complexity index is 1100. The number of hydrogen-bond acceptors (Lipinski definition) is 7. The van der Waals surface area contributed by atoms with Crippen LogP contribution >= 0.6 is 0 Å². The number of amides is 1. The van der Waals surface area contributed by atoms with Crippen molar-refractivity contribution in [3.63, 3.8) is 0 Å². The first-order chi connectivity index (χ1) is 14.1. The maximum atomic E-state index is 12.9. The van der Waals surface area contributed by atoms with E-state index in [0.29, 0.717) is 47.1 Å². The standard InChI is InChI=1S/C20H21N7O2/c1-13(2)27-18-15(12-25-27)14(11-16(26-18)17-5-3-10-29-17)19(28)21-8-9-24-20-22-6-4-7-23-20/h3-7,10-13H,8-9H2,1-2H3,(H,21,28)(H,22,23,24). The fourth-order valence-corrected chi connectivity index (χ4v) is 2.97. The Kier molecular flexibility index (Phi) is 5.19. The first kappa shape index (κ1) is 18.6. The monoisotopic (exact) mass is 391 g/mol. The average molecular weight is 391 g/mol. The van der Waals surface area contributed by atoms with Gasteiger partial charge in [0.15, 0.2) is 11.4 Å². The molecule has 0 spiro atoms. The molecular weight excluding hydrogens is 370 g/mol. The fraction of sp³-hybridized carbons (Fsp3) is 0.250. The van der Waals surface area contributed by atoms with E-state index in [1.54, 1.807) is 47.7 Å². The molecule has 148 valence electrons. The summed E-state index contributed by atoms with van der Waals surface area (Å²) in [6.45, 7) is 4.95. The summed E-state index contributed by atoms with van der Waals surface area (Å²) in [5, 5.41) is 11.1. The van der Waals surface area contributed by atoms with Crippen LogP contribution in [0.25, 0.3) is 22.5 Å². The van der Waals surface area contributed by atoms with Crippen molar-refractivity contribution in [1.82, 2.24) is 30.0 Å². The predicted octanol–water partition coefficient (Wildman–Crippen LogP) is 2.90. The van der Waals surface area contributed by atoms with E-state index >= 15 is 0 Å². The number of anilines is 1. The number of aromatic nitrogens is 5. The lowest BCUT2D eigenvalue weighted by Crippen LogP contribution is -2.29. The number of rotatable bonds is 7. The van der Waals surface area contributed by atoms with Gasteiger partial charge < -0.3 is 15.1 Å². The Balaban J connectivity index is 1.57. The number of carbonyl (C=O) groups is 1. The fourth-order valence-electron chi connectivity index (χ4n) is 2.97. The SMILES string of the molecule is CC(C)n1ncc2c(C(=O)NCCNc3ncccn3)cc(-c3ccco3)nc21. The zero-order valence-electron chi connectivity index (χ0n) is 16.2. The lowest BCUT2D eigenvalue weighted by Gasteiger charge is -2.10. The van der Waals surface area contributed by atoms with Gasteiger partial charge in [-0.05, 0) is 38.1 Å². The van der Waals surface area contributed by atoms with Gasteiger partial charge in [0, 0.05) is 31.5 Å². The summed E-state index contributed by atoms with van der Waals surface area (Å²) in [6.07, 6.45) is 6.57. The van der Waals surface area contributed by atoms with Gasteiger partial charge in [0.1, 0.15) is 5.69 Å². The first-order valence-corrected chi connectivity index (χ1v) is 9.34. The van der Waals surface area contributed by atoms with Crippen molar-refractivity contribution < 1.29 is 9.21 Å². The van der Waals surface area contributed by atoms with Crippen LogP contribution < -0.4 is 10.6 Å². The van der Waals surface area contributed by atoms with Crippen LogP contribution in [-0.2, 0) is 0 Å². The molecule has 0 saturated heterocycles. The van der Waals surface area contributed by atoms with Crippen molar-refractivity contribution >= 4 is 22.9 Å². The quantitative estimate of drug-likeness (QED) is 0.466. The van der Waals surface area contributed by atoms with Gasteiger partial charge in [-0.2, -0.15) is 5.10 Å². The Hall–Kier alpha value is -3.75. The van der Waals surface area contributed by atoms with Crippen molar-refractivity contribution in [2.75, 3.05) is 18.4 Å². The Morgan fingerprint density at radius 1 is 1.21 bits per heavy atom. The van der Waals surface area contributed by atoms with E-state index in [0.717, 1.165) is 0 Å². The van der Waals surface area contributed by atoms with E-state index in [1.165, 1.54) is 0 Å². The summed E-state index contributed by atoms with van der Waals surface area (Å²) in [6, 6.07) is 7.19. The second kappa shape index (κ2) is 8.09. The molecule has 0 aliphatic heterocycles. The van der Waals surface area contributed by atoms with Gasteiger partial charge in [-0.3, -0.25) is 4.79 Å². The van der Waals surface area contributed by atoms with Crippen LogP contribution in [0.15, 0.2) is 53.5 Å². The molecule has 0 unspecified atom stereocenters. The number of nitrogens with one attached hydrogen (secondary N) is 2. The molecule has 0 bridgehead atoms. The molecule has 2 N–H and O–H groups in total. The van der Waals surface area contributed by atoms with E-state index < -0.39 is 0 Å².